The fourth-order valence-corrected chi connectivity index (χ4v) is 1.64. The predicted molar refractivity (Wildman–Crippen MR) is 73.5 cm³/mol. The molecule has 0 aromatic heterocycles. The van der Waals surface area contributed by atoms with Gasteiger partial charge in [0.15, 0.2) is 0 Å². The van der Waals surface area contributed by atoms with Crippen LogP contribution in [0.4, 0.5) is 4.79 Å². The third kappa shape index (κ3) is 4.40. The van der Waals surface area contributed by atoms with Gasteiger partial charge in [-0.2, -0.15) is 0 Å². The third-order valence-electron chi connectivity index (χ3n) is 2.70. The summed E-state index contributed by atoms with van der Waals surface area (Å²) >= 11 is 0. The third-order valence-corrected chi connectivity index (χ3v) is 2.70. The van der Waals surface area contributed by atoms with Gasteiger partial charge in [-0.25, -0.2) is 4.79 Å². The molecule has 1 aromatic carbocycles. The maximum atomic E-state index is 11.7. The summed E-state index contributed by atoms with van der Waals surface area (Å²) in [6, 6.07) is 8.11. The Bertz CT molecular complexity index is 411. The molecule has 0 bridgehead atoms. The van der Waals surface area contributed by atoms with Gasteiger partial charge >= 0.3 is 6.09 Å². The van der Waals surface area contributed by atoms with Crippen molar-refractivity contribution in [1.29, 1.82) is 0 Å². The van der Waals surface area contributed by atoms with Crippen LogP contribution < -0.4 is 5.32 Å². The van der Waals surface area contributed by atoms with E-state index in [9.17, 15) is 4.79 Å². The zero-order valence-corrected chi connectivity index (χ0v) is 11.9. The number of rotatable bonds is 4. The van der Waals surface area contributed by atoms with Crippen LogP contribution in [-0.4, -0.2) is 12.7 Å². The molecule has 3 heteroatoms. The van der Waals surface area contributed by atoms with Gasteiger partial charge < -0.3 is 10.1 Å². The SMILES string of the molecule is Cc1cccc(C(C)(C)NC(=O)OCC(C)C)c1. The number of amides is 1. The summed E-state index contributed by atoms with van der Waals surface area (Å²) in [4.78, 5) is 11.7. The molecule has 0 fully saturated rings. The van der Waals surface area contributed by atoms with Gasteiger partial charge in [0.2, 0.25) is 0 Å². The molecule has 0 aliphatic heterocycles. The number of alkyl carbamates (subject to hydrolysis) is 1. The molecule has 0 atom stereocenters. The summed E-state index contributed by atoms with van der Waals surface area (Å²) in [7, 11) is 0. The van der Waals surface area contributed by atoms with Gasteiger partial charge in [0.25, 0.3) is 0 Å². The van der Waals surface area contributed by atoms with Crippen molar-refractivity contribution < 1.29 is 9.53 Å². The lowest BCUT2D eigenvalue weighted by Crippen LogP contribution is -2.41. The van der Waals surface area contributed by atoms with E-state index >= 15 is 0 Å². The van der Waals surface area contributed by atoms with Gasteiger partial charge in [0, 0.05) is 0 Å². The molecular weight excluding hydrogens is 226 g/mol. The van der Waals surface area contributed by atoms with Crippen molar-refractivity contribution in [3.63, 3.8) is 0 Å². The highest BCUT2D eigenvalue weighted by Crippen LogP contribution is 2.21. The van der Waals surface area contributed by atoms with Crippen LogP contribution in [0, 0.1) is 12.8 Å². The van der Waals surface area contributed by atoms with E-state index in [1.807, 2.05) is 52.8 Å². The van der Waals surface area contributed by atoms with Gasteiger partial charge in [-0.15, -0.1) is 0 Å². The molecule has 1 aromatic rings. The fraction of sp³-hybridized carbons (Fsp3) is 0.533. The summed E-state index contributed by atoms with van der Waals surface area (Å²) in [5.74, 6) is 0.345. The van der Waals surface area contributed by atoms with E-state index in [4.69, 9.17) is 4.74 Å². The number of benzene rings is 1. The van der Waals surface area contributed by atoms with Gasteiger partial charge in [-0.1, -0.05) is 43.7 Å². The molecule has 0 heterocycles. The lowest BCUT2D eigenvalue weighted by atomic mass is 9.93. The van der Waals surface area contributed by atoms with Crippen LogP contribution in [0.2, 0.25) is 0 Å². The first-order valence-electron chi connectivity index (χ1n) is 6.33. The number of nitrogens with one attached hydrogen (secondary N) is 1. The zero-order valence-electron chi connectivity index (χ0n) is 11.9. The second-order valence-corrected chi connectivity index (χ2v) is 5.61. The zero-order chi connectivity index (χ0) is 13.8. The minimum atomic E-state index is -0.430. The summed E-state index contributed by atoms with van der Waals surface area (Å²) in [5, 5.41) is 2.89. The molecular formula is C15H23NO2. The first kappa shape index (κ1) is 14.6. The predicted octanol–water partition coefficient (Wildman–Crippen LogP) is 3.61. The van der Waals surface area contributed by atoms with Crippen LogP contribution in [-0.2, 0) is 10.3 Å². The lowest BCUT2D eigenvalue weighted by Gasteiger charge is -2.27. The van der Waals surface area contributed by atoms with Crippen molar-refractivity contribution in [2.24, 2.45) is 5.92 Å². The first-order valence-corrected chi connectivity index (χ1v) is 6.33. The highest BCUT2D eigenvalue weighted by molar-refractivity contribution is 5.68. The van der Waals surface area contributed by atoms with Crippen molar-refractivity contribution in [3.8, 4) is 0 Å². The number of hydrogen-bond acceptors (Lipinski definition) is 2. The summed E-state index contributed by atoms with van der Waals surface area (Å²) in [6.45, 7) is 10.4. The van der Waals surface area contributed by atoms with Crippen molar-refractivity contribution >= 4 is 6.09 Å². The minimum Gasteiger partial charge on any atom is -0.449 e. The quantitative estimate of drug-likeness (QED) is 0.885. The second kappa shape index (κ2) is 5.89. The van der Waals surface area contributed by atoms with Crippen LogP contribution >= 0.6 is 0 Å². The van der Waals surface area contributed by atoms with E-state index in [2.05, 4.69) is 11.4 Å². The molecule has 0 spiro atoms. The topological polar surface area (TPSA) is 38.3 Å². The molecule has 0 aliphatic carbocycles. The summed E-state index contributed by atoms with van der Waals surface area (Å²) in [5.41, 5.74) is 1.82. The van der Waals surface area contributed by atoms with Gasteiger partial charge in [-0.05, 0) is 32.3 Å². The molecule has 0 radical (unpaired) electrons. The van der Waals surface area contributed by atoms with Crippen LogP contribution in [0.1, 0.15) is 38.8 Å². The Balaban J connectivity index is 2.67. The van der Waals surface area contributed by atoms with Crippen molar-refractivity contribution in [1.82, 2.24) is 5.32 Å². The van der Waals surface area contributed by atoms with E-state index in [0.29, 0.717) is 12.5 Å². The Morgan fingerprint density at radius 2 is 2.06 bits per heavy atom. The molecule has 18 heavy (non-hydrogen) atoms. The molecule has 1 N–H and O–H groups in total. The molecule has 0 unspecified atom stereocenters. The Labute approximate surface area is 110 Å². The lowest BCUT2D eigenvalue weighted by molar-refractivity contribution is 0.123. The highest BCUT2D eigenvalue weighted by atomic mass is 16.5. The Morgan fingerprint density at radius 1 is 1.39 bits per heavy atom. The maximum Gasteiger partial charge on any atom is 0.407 e. The summed E-state index contributed by atoms with van der Waals surface area (Å²) in [6.07, 6.45) is -0.366. The fourth-order valence-electron chi connectivity index (χ4n) is 1.64. The molecule has 3 nitrogen and oxygen atoms in total. The minimum absolute atomic E-state index is 0.345. The highest BCUT2D eigenvalue weighted by Gasteiger charge is 2.23. The van der Waals surface area contributed by atoms with Gasteiger partial charge in [-0.3, -0.25) is 0 Å². The number of aryl methyl sites for hydroxylation is 1. The van der Waals surface area contributed by atoms with Crippen molar-refractivity contribution in [3.05, 3.63) is 35.4 Å². The van der Waals surface area contributed by atoms with E-state index in [1.165, 1.54) is 5.56 Å². The van der Waals surface area contributed by atoms with E-state index < -0.39 is 5.54 Å². The van der Waals surface area contributed by atoms with Crippen molar-refractivity contribution in [2.45, 2.75) is 40.2 Å². The van der Waals surface area contributed by atoms with Gasteiger partial charge in [0.1, 0.15) is 0 Å². The van der Waals surface area contributed by atoms with E-state index in [-0.39, 0.29) is 6.09 Å². The maximum absolute atomic E-state index is 11.7. The molecule has 100 valence electrons. The number of hydrogen-bond donors (Lipinski definition) is 1. The van der Waals surface area contributed by atoms with Crippen LogP contribution in [0.5, 0.6) is 0 Å². The van der Waals surface area contributed by atoms with E-state index in [0.717, 1.165) is 5.56 Å². The monoisotopic (exact) mass is 249 g/mol. The second-order valence-electron chi connectivity index (χ2n) is 5.61. The van der Waals surface area contributed by atoms with Crippen LogP contribution in [0.3, 0.4) is 0 Å². The Morgan fingerprint density at radius 3 is 2.61 bits per heavy atom. The first-order chi connectivity index (χ1) is 8.31. The molecule has 0 aliphatic rings. The number of ether oxygens (including phenoxy) is 1. The molecule has 1 rings (SSSR count). The summed E-state index contributed by atoms with van der Waals surface area (Å²) < 4.78 is 5.14. The molecule has 1 amide bonds. The van der Waals surface area contributed by atoms with Crippen LogP contribution in [0.25, 0.3) is 0 Å². The van der Waals surface area contributed by atoms with Crippen molar-refractivity contribution in [2.75, 3.05) is 6.61 Å². The smallest absolute Gasteiger partial charge is 0.407 e. The van der Waals surface area contributed by atoms with E-state index in [1.54, 1.807) is 0 Å². The Hall–Kier alpha value is -1.51. The van der Waals surface area contributed by atoms with Crippen LogP contribution in [0.15, 0.2) is 24.3 Å². The normalized spacial score (nSPS) is 11.4. The average Bonchev–Trinajstić information content (AvgIpc) is 2.26. The molecule has 0 saturated heterocycles. The van der Waals surface area contributed by atoms with Gasteiger partial charge in [0.05, 0.1) is 12.1 Å². The largest absolute Gasteiger partial charge is 0.449 e. The Kier molecular flexibility index (Phi) is 4.76. The molecule has 0 saturated carbocycles. The number of carbonyl (C=O) groups is 1. The standard InChI is InChI=1S/C15H23NO2/c1-11(2)10-18-14(17)16-15(4,5)13-8-6-7-12(3)9-13/h6-9,11H,10H2,1-5H3,(H,16,17). The number of carbonyl (C=O) groups excluding carboxylic acids is 1. The average molecular weight is 249 g/mol.